The molecule has 0 saturated carbocycles. The smallest absolute Gasteiger partial charge is 0.227 e. The van der Waals surface area contributed by atoms with Crippen molar-refractivity contribution in [2.24, 2.45) is 0 Å². The average molecular weight is 288 g/mol. The molecule has 0 aromatic carbocycles. The minimum absolute atomic E-state index is 0.750. The summed E-state index contributed by atoms with van der Waals surface area (Å²) in [5.74, 6) is 1.53. The highest BCUT2D eigenvalue weighted by Crippen LogP contribution is 2.15. The van der Waals surface area contributed by atoms with Crippen LogP contribution < -0.4 is 5.32 Å². The monoisotopic (exact) mass is 288 g/mol. The van der Waals surface area contributed by atoms with Crippen molar-refractivity contribution >= 4 is 11.6 Å². The number of piperidine rings is 1. The largest absolute Gasteiger partial charge is 0.357 e. The normalized spacial score (nSPS) is 16.5. The lowest BCUT2D eigenvalue weighted by Crippen LogP contribution is -2.30. The van der Waals surface area contributed by atoms with Crippen LogP contribution in [0.1, 0.15) is 37.1 Å². The minimum Gasteiger partial charge on any atom is -0.357 e. The Bertz CT molecular complexity index is 599. The Morgan fingerprint density at radius 2 is 2.00 bits per heavy atom. The SMILES string of the molecule is CNc1nc(C)nc2c(CCCN3CCCCC3)cnn12. The van der Waals surface area contributed by atoms with E-state index >= 15 is 0 Å². The molecule has 6 heteroatoms. The molecule has 0 bridgehead atoms. The molecule has 2 aromatic rings. The summed E-state index contributed by atoms with van der Waals surface area (Å²) in [6.45, 7) is 5.63. The van der Waals surface area contributed by atoms with Gasteiger partial charge in [0.2, 0.25) is 5.95 Å². The second-order valence-electron chi connectivity index (χ2n) is 5.76. The first-order chi connectivity index (χ1) is 10.3. The summed E-state index contributed by atoms with van der Waals surface area (Å²) in [5.41, 5.74) is 2.15. The molecule has 1 fully saturated rings. The molecule has 21 heavy (non-hydrogen) atoms. The zero-order chi connectivity index (χ0) is 14.7. The van der Waals surface area contributed by atoms with Gasteiger partial charge in [0.15, 0.2) is 5.65 Å². The number of nitrogens with zero attached hydrogens (tertiary/aromatic N) is 5. The Morgan fingerprint density at radius 1 is 1.19 bits per heavy atom. The van der Waals surface area contributed by atoms with E-state index in [0.717, 1.165) is 23.8 Å². The van der Waals surface area contributed by atoms with Crippen molar-refractivity contribution in [1.82, 2.24) is 24.5 Å². The van der Waals surface area contributed by atoms with Gasteiger partial charge in [0, 0.05) is 12.6 Å². The predicted octanol–water partition coefficient (Wildman–Crippen LogP) is 1.89. The van der Waals surface area contributed by atoms with Gasteiger partial charge < -0.3 is 10.2 Å². The number of anilines is 1. The Morgan fingerprint density at radius 3 is 2.76 bits per heavy atom. The van der Waals surface area contributed by atoms with Gasteiger partial charge in [-0.2, -0.15) is 14.6 Å². The number of aryl methyl sites for hydroxylation is 2. The van der Waals surface area contributed by atoms with Gasteiger partial charge in [0.25, 0.3) is 0 Å². The van der Waals surface area contributed by atoms with Crippen LogP contribution in [0.5, 0.6) is 0 Å². The van der Waals surface area contributed by atoms with E-state index in [1.54, 1.807) is 4.52 Å². The van der Waals surface area contributed by atoms with Crippen LogP contribution in [0.2, 0.25) is 0 Å². The predicted molar refractivity (Wildman–Crippen MR) is 83.7 cm³/mol. The molecule has 1 aliphatic rings. The van der Waals surface area contributed by atoms with E-state index < -0.39 is 0 Å². The summed E-state index contributed by atoms with van der Waals surface area (Å²) in [6, 6.07) is 0. The average Bonchev–Trinajstić information content (AvgIpc) is 2.90. The van der Waals surface area contributed by atoms with Gasteiger partial charge in [0.1, 0.15) is 5.82 Å². The first-order valence-electron chi connectivity index (χ1n) is 7.89. The first kappa shape index (κ1) is 14.3. The van der Waals surface area contributed by atoms with E-state index in [9.17, 15) is 0 Å². The van der Waals surface area contributed by atoms with E-state index in [1.807, 2.05) is 20.2 Å². The summed E-state index contributed by atoms with van der Waals surface area (Å²) < 4.78 is 1.79. The molecule has 2 aromatic heterocycles. The third kappa shape index (κ3) is 3.15. The lowest BCUT2D eigenvalue weighted by molar-refractivity contribution is 0.226. The number of fused-ring (bicyclic) bond motifs is 1. The number of rotatable bonds is 5. The summed E-state index contributed by atoms with van der Waals surface area (Å²) in [7, 11) is 1.86. The minimum atomic E-state index is 0.750. The maximum Gasteiger partial charge on any atom is 0.227 e. The van der Waals surface area contributed by atoms with Gasteiger partial charge in [-0.3, -0.25) is 0 Å². The van der Waals surface area contributed by atoms with E-state index in [-0.39, 0.29) is 0 Å². The van der Waals surface area contributed by atoms with Crippen LogP contribution in [-0.4, -0.2) is 51.2 Å². The molecule has 0 radical (unpaired) electrons. The van der Waals surface area contributed by atoms with Crippen LogP contribution in [-0.2, 0) is 6.42 Å². The fourth-order valence-corrected chi connectivity index (χ4v) is 3.04. The van der Waals surface area contributed by atoms with Gasteiger partial charge in [-0.15, -0.1) is 0 Å². The van der Waals surface area contributed by atoms with Gasteiger partial charge in [0.05, 0.1) is 6.20 Å². The van der Waals surface area contributed by atoms with Crippen molar-refractivity contribution in [3.05, 3.63) is 17.6 Å². The second kappa shape index (κ2) is 6.39. The topological polar surface area (TPSA) is 58.4 Å². The number of hydrogen-bond donors (Lipinski definition) is 1. The first-order valence-corrected chi connectivity index (χ1v) is 7.89. The second-order valence-corrected chi connectivity index (χ2v) is 5.76. The van der Waals surface area contributed by atoms with Crippen molar-refractivity contribution in [3.63, 3.8) is 0 Å². The Balaban J connectivity index is 1.68. The summed E-state index contributed by atoms with van der Waals surface area (Å²) >= 11 is 0. The van der Waals surface area contributed by atoms with Crippen LogP contribution in [0, 0.1) is 6.92 Å². The Labute approximate surface area is 125 Å². The van der Waals surface area contributed by atoms with Crippen molar-refractivity contribution in [1.29, 1.82) is 0 Å². The van der Waals surface area contributed by atoms with E-state index in [1.165, 1.54) is 50.9 Å². The molecule has 3 heterocycles. The molecule has 6 nitrogen and oxygen atoms in total. The van der Waals surface area contributed by atoms with Gasteiger partial charge in [-0.05, 0) is 52.2 Å². The van der Waals surface area contributed by atoms with Crippen molar-refractivity contribution in [2.45, 2.75) is 39.0 Å². The van der Waals surface area contributed by atoms with Crippen LogP contribution in [0.4, 0.5) is 5.95 Å². The van der Waals surface area contributed by atoms with Crippen LogP contribution >= 0.6 is 0 Å². The zero-order valence-corrected chi connectivity index (χ0v) is 13.0. The van der Waals surface area contributed by atoms with Gasteiger partial charge in [-0.25, -0.2) is 4.98 Å². The molecule has 0 unspecified atom stereocenters. The highest BCUT2D eigenvalue weighted by Gasteiger charge is 2.12. The van der Waals surface area contributed by atoms with Crippen LogP contribution in [0.25, 0.3) is 5.65 Å². The van der Waals surface area contributed by atoms with Crippen LogP contribution in [0.15, 0.2) is 6.20 Å². The third-order valence-corrected chi connectivity index (χ3v) is 4.15. The van der Waals surface area contributed by atoms with E-state index in [2.05, 4.69) is 25.3 Å². The molecule has 1 aliphatic heterocycles. The summed E-state index contributed by atoms with van der Waals surface area (Å²) in [4.78, 5) is 11.5. The van der Waals surface area contributed by atoms with E-state index in [4.69, 9.17) is 0 Å². The molecule has 1 N–H and O–H groups in total. The van der Waals surface area contributed by atoms with E-state index in [0.29, 0.717) is 0 Å². The Hall–Kier alpha value is -1.69. The molecule has 0 atom stereocenters. The molecule has 114 valence electrons. The number of nitrogens with one attached hydrogen (secondary N) is 1. The molecular formula is C15H24N6. The van der Waals surface area contributed by atoms with Crippen molar-refractivity contribution in [3.8, 4) is 0 Å². The lowest BCUT2D eigenvalue weighted by Gasteiger charge is -2.26. The third-order valence-electron chi connectivity index (χ3n) is 4.15. The van der Waals surface area contributed by atoms with Gasteiger partial charge >= 0.3 is 0 Å². The van der Waals surface area contributed by atoms with Crippen molar-refractivity contribution < 1.29 is 0 Å². The maximum atomic E-state index is 4.55. The standard InChI is InChI=1S/C15H24N6/c1-12-18-14-13(11-17-21(14)15(16-2)19-12)7-6-10-20-8-4-3-5-9-20/h11H,3-10H2,1-2H3,(H,16,18,19). The van der Waals surface area contributed by atoms with Crippen molar-refractivity contribution in [2.75, 3.05) is 32.0 Å². The molecule has 3 rings (SSSR count). The molecule has 0 spiro atoms. The maximum absolute atomic E-state index is 4.55. The molecular weight excluding hydrogens is 264 g/mol. The fraction of sp³-hybridized carbons (Fsp3) is 0.667. The van der Waals surface area contributed by atoms with Crippen LogP contribution in [0.3, 0.4) is 0 Å². The highest BCUT2D eigenvalue weighted by atomic mass is 15.3. The molecule has 0 aliphatic carbocycles. The highest BCUT2D eigenvalue weighted by molar-refractivity contribution is 5.50. The number of likely N-dealkylation sites (tertiary alicyclic amines) is 1. The van der Waals surface area contributed by atoms with Gasteiger partial charge in [-0.1, -0.05) is 6.42 Å². The number of aromatic nitrogens is 4. The Kier molecular flexibility index (Phi) is 4.34. The summed E-state index contributed by atoms with van der Waals surface area (Å²) in [6.07, 6.45) is 8.23. The quantitative estimate of drug-likeness (QED) is 0.910. The summed E-state index contributed by atoms with van der Waals surface area (Å²) in [5, 5.41) is 7.48. The molecule has 1 saturated heterocycles. The lowest BCUT2D eigenvalue weighted by atomic mass is 10.1. The number of hydrogen-bond acceptors (Lipinski definition) is 5. The zero-order valence-electron chi connectivity index (χ0n) is 13.0. The fourth-order valence-electron chi connectivity index (χ4n) is 3.04. The molecule has 0 amide bonds.